The first-order valence-electron chi connectivity index (χ1n) is 5.62. The Bertz CT molecular complexity index is 412. The van der Waals surface area contributed by atoms with Crippen LogP contribution in [0.25, 0.3) is 0 Å². The average molecular weight is 218 g/mol. The van der Waals surface area contributed by atoms with Gasteiger partial charge < -0.3 is 10.2 Å². The van der Waals surface area contributed by atoms with Gasteiger partial charge in [0.2, 0.25) is 5.91 Å². The molecular weight excluding hydrogens is 200 g/mol. The van der Waals surface area contributed by atoms with Gasteiger partial charge >= 0.3 is 0 Å². The summed E-state index contributed by atoms with van der Waals surface area (Å²) < 4.78 is 0. The van der Waals surface area contributed by atoms with Gasteiger partial charge in [0.05, 0.1) is 0 Å². The SMILES string of the molecule is CC(=O)Nc1ccc2c(c1)C[C@H](N(C)C)C2. The Kier molecular flexibility index (Phi) is 2.97. The van der Waals surface area contributed by atoms with E-state index in [0.717, 1.165) is 18.5 Å². The van der Waals surface area contributed by atoms with Crippen LogP contribution in [0.3, 0.4) is 0 Å². The fourth-order valence-corrected chi connectivity index (χ4v) is 2.24. The van der Waals surface area contributed by atoms with E-state index in [1.165, 1.54) is 18.1 Å². The largest absolute Gasteiger partial charge is 0.326 e. The molecule has 2 rings (SSSR count). The number of hydrogen-bond donors (Lipinski definition) is 1. The van der Waals surface area contributed by atoms with Crippen molar-refractivity contribution < 1.29 is 4.79 Å². The second-order valence-electron chi connectivity index (χ2n) is 4.69. The summed E-state index contributed by atoms with van der Waals surface area (Å²) in [6.45, 7) is 1.54. The second kappa shape index (κ2) is 4.26. The van der Waals surface area contributed by atoms with Crippen LogP contribution in [-0.4, -0.2) is 30.9 Å². The topological polar surface area (TPSA) is 32.3 Å². The lowest BCUT2D eigenvalue weighted by Crippen LogP contribution is -2.27. The highest BCUT2D eigenvalue weighted by Crippen LogP contribution is 2.27. The summed E-state index contributed by atoms with van der Waals surface area (Å²) in [5.41, 5.74) is 3.68. The lowest BCUT2D eigenvalue weighted by molar-refractivity contribution is -0.114. The van der Waals surface area contributed by atoms with Gasteiger partial charge in [-0.15, -0.1) is 0 Å². The van der Waals surface area contributed by atoms with Gasteiger partial charge in [-0.2, -0.15) is 0 Å². The highest BCUT2D eigenvalue weighted by molar-refractivity contribution is 5.88. The number of carbonyl (C=O) groups excluding carboxylic acids is 1. The number of nitrogens with zero attached hydrogens (tertiary/aromatic N) is 1. The number of rotatable bonds is 2. The standard InChI is InChI=1S/C13H18N2O/c1-9(16)14-12-5-4-10-7-13(15(2)3)8-11(10)6-12/h4-6,13H,7-8H2,1-3H3,(H,14,16)/t13-/m1/s1. The number of benzene rings is 1. The Morgan fingerprint density at radius 1 is 1.31 bits per heavy atom. The van der Waals surface area contributed by atoms with Gasteiger partial charge in [-0.3, -0.25) is 4.79 Å². The molecule has 0 fully saturated rings. The maximum absolute atomic E-state index is 11.0. The summed E-state index contributed by atoms with van der Waals surface area (Å²) in [6, 6.07) is 6.81. The molecule has 1 N–H and O–H groups in total. The van der Waals surface area contributed by atoms with E-state index in [1.54, 1.807) is 0 Å². The normalized spacial score (nSPS) is 18.6. The van der Waals surface area contributed by atoms with Crippen molar-refractivity contribution in [3.63, 3.8) is 0 Å². The maximum Gasteiger partial charge on any atom is 0.221 e. The van der Waals surface area contributed by atoms with Crippen molar-refractivity contribution in [2.75, 3.05) is 19.4 Å². The molecule has 1 amide bonds. The molecule has 1 aromatic carbocycles. The van der Waals surface area contributed by atoms with Crippen LogP contribution < -0.4 is 5.32 Å². The lowest BCUT2D eigenvalue weighted by atomic mass is 10.1. The molecule has 86 valence electrons. The van der Waals surface area contributed by atoms with Crippen molar-refractivity contribution in [2.24, 2.45) is 0 Å². The molecule has 1 aromatic rings. The highest BCUT2D eigenvalue weighted by Gasteiger charge is 2.22. The van der Waals surface area contributed by atoms with Crippen LogP contribution in [0.5, 0.6) is 0 Å². The van der Waals surface area contributed by atoms with Gasteiger partial charge in [0, 0.05) is 18.7 Å². The van der Waals surface area contributed by atoms with Gasteiger partial charge in [-0.1, -0.05) is 6.07 Å². The van der Waals surface area contributed by atoms with E-state index >= 15 is 0 Å². The Labute approximate surface area is 96.5 Å². The van der Waals surface area contributed by atoms with E-state index in [9.17, 15) is 4.79 Å². The lowest BCUT2D eigenvalue weighted by Gasteiger charge is -2.17. The summed E-state index contributed by atoms with van der Waals surface area (Å²) in [5, 5.41) is 2.83. The molecule has 0 spiro atoms. The van der Waals surface area contributed by atoms with E-state index in [2.05, 4.69) is 36.4 Å². The monoisotopic (exact) mass is 218 g/mol. The summed E-state index contributed by atoms with van der Waals surface area (Å²) in [4.78, 5) is 13.2. The minimum atomic E-state index is -0.0119. The van der Waals surface area contributed by atoms with Crippen molar-refractivity contribution in [3.8, 4) is 0 Å². The number of carbonyl (C=O) groups is 1. The zero-order chi connectivity index (χ0) is 11.7. The minimum Gasteiger partial charge on any atom is -0.326 e. The molecule has 16 heavy (non-hydrogen) atoms. The van der Waals surface area contributed by atoms with Crippen LogP contribution >= 0.6 is 0 Å². The van der Waals surface area contributed by atoms with Crippen LogP contribution in [0.15, 0.2) is 18.2 Å². The molecular formula is C13H18N2O. The highest BCUT2D eigenvalue weighted by atomic mass is 16.1. The van der Waals surface area contributed by atoms with E-state index in [0.29, 0.717) is 6.04 Å². The fourth-order valence-electron chi connectivity index (χ4n) is 2.24. The van der Waals surface area contributed by atoms with Gasteiger partial charge in [-0.05, 0) is 50.2 Å². The zero-order valence-corrected chi connectivity index (χ0v) is 10.1. The van der Waals surface area contributed by atoms with Crippen LogP contribution in [0, 0.1) is 0 Å². The third kappa shape index (κ3) is 2.25. The molecule has 3 nitrogen and oxygen atoms in total. The number of anilines is 1. The first-order valence-corrected chi connectivity index (χ1v) is 5.62. The van der Waals surface area contributed by atoms with Crippen LogP contribution in [0.4, 0.5) is 5.69 Å². The summed E-state index contributed by atoms with van der Waals surface area (Å²) in [7, 11) is 4.23. The number of hydrogen-bond acceptors (Lipinski definition) is 2. The molecule has 1 aliphatic carbocycles. The van der Waals surface area contributed by atoms with Crippen molar-refractivity contribution in [1.29, 1.82) is 0 Å². The number of amides is 1. The van der Waals surface area contributed by atoms with Crippen LogP contribution in [-0.2, 0) is 17.6 Å². The molecule has 0 aromatic heterocycles. The Morgan fingerprint density at radius 2 is 2.00 bits per heavy atom. The predicted molar refractivity (Wildman–Crippen MR) is 65.6 cm³/mol. The van der Waals surface area contributed by atoms with E-state index in [1.807, 2.05) is 6.07 Å². The molecule has 0 aliphatic heterocycles. The molecule has 1 atom stereocenters. The molecule has 0 heterocycles. The Hall–Kier alpha value is -1.35. The fraction of sp³-hybridized carbons (Fsp3) is 0.462. The average Bonchev–Trinajstić information content (AvgIpc) is 2.59. The summed E-state index contributed by atoms with van der Waals surface area (Å²) in [6.07, 6.45) is 2.19. The van der Waals surface area contributed by atoms with Crippen LogP contribution in [0.2, 0.25) is 0 Å². The first-order chi connectivity index (χ1) is 7.56. The number of likely N-dealkylation sites (N-methyl/N-ethyl adjacent to an activating group) is 1. The second-order valence-corrected chi connectivity index (χ2v) is 4.69. The molecule has 1 aliphatic rings. The molecule has 0 unspecified atom stereocenters. The maximum atomic E-state index is 11.0. The van der Waals surface area contributed by atoms with Crippen molar-refractivity contribution >= 4 is 11.6 Å². The number of nitrogens with one attached hydrogen (secondary N) is 1. The van der Waals surface area contributed by atoms with Crippen LogP contribution in [0.1, 0.15) is 18.1 Å². The molecule has 0 saturated carbocycles. The molecule has 0 radical (unpaired) electrons. The molecule has 3 heteroatoms. The van der Waals surface area contributed by atoms with Crippen molar-refractivity contribution in [1.82, 2.24) is 4.90 Å². The van der Waals surface area contributed by atoms with E-state index < -0.39 is 0 Å². The Morgan fingerprint density at radius 3 is 2.62 bits per heavy atom. The van der Waals surface area contributed by atoms with Gasteiger partial charge in [0.25, 0.3) is 0 Å². The predicted octanol–water partition coefficient (Wildman–Crippen LogP) is 1.67. The number of fused-ring (bicyclic) bond motifs is 1. The smallest absolute Gasteiger partial charge is 0.221 e. The third-order valence-electron chi connectivity index (χ3n) is 3.17. The minimum absolute atomic E-state index is 0.0119. The zero-order valence-electron chi connectivity index (χ0n) is 10.1. The van der Waals surface area contributed by atoms with Gasteiger partial charge in [-0.25, -0.2) is 0 Å². The third-order valence-corrected chi connectivity index (χ3v) is 3.17. The Balaban J connectivity index is 2.17. The molecule has 0 saturated heterocycles. The van der Waals surface area contributed by atoms with E-state index in [4.69, 9.17) is 0 Å². The molecule has 0 bridgehead atoms. The summed E-state index contributed by atoms with van der Waals surface area (Å²) in [5.74, 6) is -0.0119. The quantitative estimate of drug-likeness (QED) is 0.819. The summed E-state index contributed by atoms with van der Waals surface area (Å²) >= 11 is 0. The van der Waals surface area contributed by atoms with Crippen molar-refractivity contribution in [3.05, 3.63) is 29.3 Å². The van der Waals surface area contributed by atoms with Gasteiger partial charge in [0.1, 0.15) is 0 Å². The van der Waals surface area contributed by atoms with Gasteiger partial charge in [0.15, 0.2) is 0 Å². The van der Waals surface area contributed by atoms with Crippen molar-refractivity contribution in [2.45, 2.75) is 25.8 Å². The van der Waals surface area contributed by atoms with E-state index in [-0.39, 0.29) is 5.91 Å². The first kappa shape index (κ1) is 11.1.